The zero-order chi connectivity index (χ0) is 28.9. The summed E-state index contributed by atoms with van der Waals surface area (Å²) in [5.74, 6) is -0.350. The number of carbonyl (C=O) groups excluding carboxylic acids is 1. The van der Waals surface area contributed by atoms with Crippen LogP contribution in [0, 0.1) is 0 Å². The van der Waals surface area contributed by atoms with E-state index >= 15 is 0 Å². The molecule has 0 aliphatic heterocycles. The summed E-state index contributed by atoms with van der Waals surface area (Å²) >= 11 is 3.67. The number of para-hydroxylation sites is 1. The van der Waals surface area contributed by atoms with Crippen LogP contribution in [0.2, 0.25) is 0 Å². The number of carbonyl (C=O) groups is 1. The summed E-state index contributed by atoms with van der Waals surface area (Å²) in [6.07, 6.45) is 8.91. The number of halogens is 1. The molecule has 41 heavy (non-hydrogen) atoms. The first kappa shape index (κ1) is 28.2. The molecule has 2 aromatic carbocycles. The quantitative estimate of drug-likeness (QED) is 0.171. The Bertz CT molecular complexity index is 1910. The van der Waals surface area contributed by atoms with E-state index in [1.165, 1.54) is 15.9 Å². The third kappa shape index (κ3) is 5.63. The number of alkyl halides is 1. The minimum Gasteiger partial charge on any atom is -0.381 e. The van der Waals surface area contributed by atoms with E-state index in [2.05, 4.69) is 43.0 Å². The highest BCUT2D eigenvalue weighted by molar-refractivity contribution is 14.1. The topological polar surface area (TPSA) is 120 Å². The molecular weight excluding hydrogens is 649 g/mol. The van der Waals surface area contributed by atoms with Crippen molar-refractivity contribution in [1.82, 2.24) is 29.5 Å². The minimum atomic E-state index is -0.552. The maximum Gasteiger partial charge on any atom is 0.263 e. The predicted molar refractivity (Wildman–Crippen MR) is 174 cm³/mol. The van der Waals surface area contributed by atoms with Gasteiger partial charge in [-0.3, -0.25) is 19.1 Å². The van der Waals surface area contributed by atoms with Crippen molar-refractivity contribution in [2.24, 2.45) is 0 Å². The summed E-state index contributed by atoms with van der Waals surface area (Å²) in [6.45, 7) is 1.83. The van der Waals surface area contributed by atoms with Crippen LogP contribution in [0.1, 0.15) is 39.5 Å². The zero-order valence-electron chi connectivity index (χ0n) is 22.2. The van der Waals surface area contributed by atoms with E-state index in [0.29, 0.717) is 22.4 Å². The smallest absolute Gasteiger partial charge is 0.263 e. The Morgan fingerprint density at radius 1 is 1.10 bits per heavy atom. The number of rotatable bonds is 6. The highest BCUT2D eigenvalue weighted by atomic mass is 127. The molecule has 4 aromatic heterocycles. The Morgan fingerprint density at radius 2 is 1.90 bits per heavy atom. The number of nitrogens with zero attached hydrogens (tertiary/aromatic N) is 5. The minimum absolute atomic E-state index is 0.0785. The fourth-order valence-corrected chi connectivity index (χ4v) is 5.17. The average Bonchev–Trinajstić information content (AvgIpc) is 3.64. The molecule has 0 bridgehead atoms. The molecule has 11 heteroatoms. The number of amides is 1. The number of hydrogen-bond acceptors (Lipinski definition) is 7. The first-order valence-electron chi connectivity index (χ1n) is 12.6. The number of anilines is 1. The lowest BCUT2D eigenvalue weighted by atomic mass is 10.0. The van der Waals surface area contributed by atoms with Gasteiger partial charge in [-0.25, -0.2) is 9.50 Å². The van der Waals surface area contributed by atoms with Gasteiger partial charge in [0.25, 0.3) is 11.5 Å². The number of pyridine rings is 1. The fourth-order valence-electron chi connectivity index (χ4n) is 4.65. The molecule has 0 aliphatic carbocycles. The van der Waals surface area contributed by atoms with Gasteiger partial charge in [-0.15, -0.1) is 16.4 Å². The molecule has 0 aliphatic rings. The van der Waals surface area contributed by atoms with Crippen molar-refractivity contribution in [2.45, 2.75) is 13.0 Å². The third-order valence-corrected chi connectivity index (χ3v) is 7.18. The second-order valence-corrected chi connectivity index (χ2v) is 9.86. The van der Waals surface area contributed by atoms with Gasteiger partial charge in [0.05, 0.1) is 16.9 Å². The molecule has 1 atom stereocenters. The standard InChI is InChI=1S/C29H23N7O2S.CH3I/c1-18(33-28(37)25-26(30)34-35-14-6-13-32-27(25)35)23-15-20-8-5-7-19(11-12-22-16-31-17-39-22)24(20)29(38)36(23)21-9-3-2-4-10-21;1-2/h2-18H,1H3,(H2,30,34)(H,33,37);1H3/b12-11+;. The van der Waals surface area contributed by atoms with Gasteiger partial charge in [-0.05, 0) is 53.1 Å². The zero-order valence-corrected chi connectivity index (χ0v) is 25.2. The number of fused-ring (bicyclic) bond motifs is 2. The monoisotopic (exact) mass is 675 g/mol. The number of hydrogen-bond donors (Lipinski definition) is 2. The SMILES string of the molecule is CC(NC(=O)c1c(N)nn2cccnc12)c1cc2cccc(/C=C/c3cncs3)c2c(=O)n1-c1ccccc1.CI. The molecule has 0 spiro atoms. The number of nitrogen functional groups attached to an aromatic ring is 1. The lowest BCUT2D eigenvalue weighted by molar-refractivity contribution is 0.0941. The second-order valence-electron chi connectivity index (χ2n) is 8.94. The highest BCUT2D eigenvalue weighted by Gasteiger charge is 2.23. The van der Waals surface area contributed by atoms with Crippen LogP contribution in [0.25, 0.3) is 34.3 Å². The molecule has 0 saturated carbocycles. The Balaban J connectivity index is 0.00000165. The number of nitrogens with one attached hydrogen (secondary N) is 1. The number of aromatic nitrogens is 5. The summed E-state index contributed by atoms with van der Waals surface area (Å²) in [5, 5.41) is 8.54. The van der Waals surface area contributed by atoms with E-state index in [4.69, 9.17) is 5.73 Å². The van der Waals surface area contributed by atoms with Crippen LogP contribution in [0.3, 0.4) is 0 Å². The molecule has 3 N–H and O–H groups in total. The number of benzene rings is 2. The van der Waals surface area contributed by atoms with Crippen molar-refractivity contribution in [3.8, 4) is 5.69 Å². The number of thiazole rings is 1. The molecule has 4 heterocycles. The van der Waals surface area contributed by atoms with E-state index in [9.17, 15) is 9.59 Å². The van der Waals surface area contributed by atoms with Crippen LogP contribution in [-0.4, -0.2) is 35.0 Å². The van der Waals surface area contributed by atoms with Crippen molar-refractivity contribution < 1.29 is 4.79 Å². The molecule has 206 valence electrons. The molecule has 6 rings (SSSR count). The van der Waals surface area contributed by atoms with Crippen molar-refractivity contribution in [2.75, 3.05) is 10.7 Å². The highest BCUT2D eigenvalue weighted by Crippen LogP contribution is 2.25. The first-order chi connectivity index (χ1) is 20.0. The van der Waals surface area contributed by atoms with Crippen LogP contribution < -0.4 is 16.6 Å². The summed E-state index contributed by atoms with van der Waals surface area (Å²) < 4.78 is 3.11. The first-order valence-corrected chi connectivity index (χ1v) is 15.6. The van der Waals surface area contributed by atoms with Crippen LogP contribution in [-0.2, 0) is 0 Å². The average molecular weight is 676 g/mol. The van der Waals surface area contributed by atoms with Crippen molar-refractivity contribution in [3.05, 3.63) is 117 Å². The Kier molecular flexibility index (Phi) is 8.55. The van der Waals surface area contributed by atoms with Gasteiger partial charge in [0.15, 0.2) is 11.5 Å². The maximum atomic E-state index is 14.1. The molecule has 9 nitrogen and oxygen atoms in total. The summed E-state index contributed by atoms with van der Waals surface area (Å²) in [6, 6.07) is 18.2. The van der Waals surface area contributed by atoms with E-state index in [1.54, 1.807) is 34.7 Å². The van der Waals surface area contributed by atoms with Crippen molar-refractivity contribution >= 4 is 74.2 Å². The second kappa shape index (κ2) is 12.4. The summed E-state index contributed by atoms with van der Waals surface area (Å²) in [5.41, 5.74) is 10.3. The van der Waals surface area contributed by atoms with Crippen LogP contribution in [0.15, 0.2) is 89.6 Å². The van der Waals surface area contributed by atoms with Crippen LogP contribution in [0.4, 0.5) is 5.82 Å². The van der Waals surface area contributed by atoms with Gasteiger partial charge in [0.1, 0.15) is 5.56 Å². The molecule has 0 saturated heterocycles. The van der Waals surface area contributed by atoms with Gasteiger partial charge in [-0.1, -0.05) is 65.1 Å². The van der Waals surface area contributed by atoms with E-state index < -0.39 is 11.9 Å². The van der Waals surface area contributed by atoms with E-state index in [-0.39, 0.29) is 16.9 Å². The van der Waals surface area contributed by atoms with Crippen molar-refractivity contribution in [3.63, 3.8) is 0 Å². The number of nitrogens with two attached hydrogens (primary N) is 1. The summed E-state index contributed by atoms with van der Waals surface area (Å²) in [7, 11) is 0. The molecule has 1 amide bonds. The lowest BCUT2D eigenvalue weighted by Gasteiger charge is -2.21. The molecule has 1 unspecified atom stereocenters. The third-order valence-electron chi connectivity index (χ3n) is 6.44. The fraction of sp³-hybridized carbons (Fsp3) is 0.100. The van der Waals surface area contributed by atoms with Crippen LogP contribution >= 0.6 is 33.9 Å². The Labute approximate surface area is 253 Å². The molecule has 6 aromatic rings. The van der Waals surface area contributed by atoms with Gasteiger partial charge < -0.3 is 11.1 Å². The van der Waals surface area contributed by atoms with Crippen molar-refractivity contribution in [1.29, 1.82) is 0 Å². The molecule has 0 radical (unpaired) electrons. The van der Waals surface area contributed by atoms with E-state index in [0.717, 1.165) is 15.8 Å². The van der Waals surface area contributed by atoms with Gasteiger partial charge >= 0.3 is 0 Å². The lowest BCUT2D eigenvalue weighted by Crippen LogP contribution is -2.32. The largest absolute Gasteiger partial charge is 0.381 e. The summed E-state index contributed by atoms with van der Waals surface area (Å²) in [4.78, 5) is 38.9. The molecule has 0 fully saturated rings. The van der Waals surface area contributed by atoms with E-state index in [1.807, 2.05) is 78.6 Å². The normalized spacial score (nSPS) is 11.9. The van der Waals surface area contributed by atoms with Gasteiger partial charge in [-0.2, -0.15) is 0 Å². The maximum absolute atomic E-state index is 14.1. The Hall–Kier alpha value is -4.36. The predicted octanol–water partition coefficient (Wildman–Crippen LogP) is 5.78. The van der Waals surface area contributed by atoms with Crippen LogP contribution in [0.5, 0.6) is 0 Å². The molecular formula is C30H26IN7O2S. The van der Waals surface area contributed by atoms with Gasteiger partial charge in [0.2, 0.25) is 0 Å². The van der Waals surface area contributed by atoms with Gasteiger partial charge in [0, 0.05) is 34.8 Å². The Morgan fingerprint density at radius 3 is 2.66 bits per heavy atom.